The molecule has 0 saturated carbocycles. The lowest BCUT2D eigenvalue weighted by atomic mass is 10.0. The third-order valence-electron chi connectivity index (χ3n) is 2.94. The molecular formula is C15H14O5. The van der Waals surface area contributed by atoms with Crippen molar-refractivity contribution in [2.24, 2.45) is 0 Å². The molecule has 0 amide bonds. The number of hydrogen-bond acceptors (Lipinski definition) is 4. The fourth-order valence-electron chi connectivity index (χ4n) is 1.99. The number of aromatic hydroxyl groups is 1. The molecule has 0 aliphatic rings. The van der Waals surface area contributed by atoms with E-state index in [-0.39, 0.29) is 11.3 Å². The van der Waals surface area contributed by atoms with Crippen molar-refractivity contribution in [3.05, 3.63) is 42.0 Å². The van der Waals surface area contributed by atoms with Crippen molar-refractivity contribution in [3.63, 3.8) is 0 Å². The summed E-state index contributed by atoms with van der Waals surface area (Å²) in [5.74, 6) is -0.207. The molecule has 2 N–H and O–H groups in total. The molecule has 0 unspecified atom stereocenters. The van der Waals surface area contributed by atoms with Crippen LogP contribution in [0.25, 0.3) is 11.1 Å². The van der Waals surface area contributed by atoms with E-state index in [1.165, 1.54) is 32.4 Å². The summed E-state index contributed by atoms with van der Waals surface area (Å²) in [6.07, 6.45) is 0. The van der Waals surface area contributed by atoms with Crippen molar-refractivity contribution >= 4 is 5.97 Å². The lowest BCUT2D eigenvalue weighted by molar-refractivity contribution is 0.0696. The predicted octanol–water partition coefficient (Wildman–Crippen LogP) is 2.77. The van der Waals surface area contributed by atoms with Gasteiger partial charge in [0.05, 0.1) is 19.8 Å². The van der Waals surface area contributed by atoms with Crippen molar-refractivity contribution in [1.82, 2.24) is 0 Å². The first-order valence-electron chi connectivity index (χ1n) is 5.86. The first kappa shape index (κ1) is 13.7. The Morgan fingerprint density at radius 3 is 2.35 bits per heavy atom. The van der Waals surface area contributed by atoms with Gasteiger partial charge < -0.3 is 19.7 Å². The summed E-state index contributed by atoms with van der Waals surface area (Å²) in [7, 11) is 3.03. The molecule has 0 fully saturated rings. The van der Waals surface area contributed by atoms with Crippen molar-refractivity contribution in [2.75, 3.05) is 14.2 Å². The Labute approximate surface area is 116 Å². The third-order valence-corrected chi connectivity index (χ3v) is 2.94. The van der Waals surface area contributed by atoms with Crippen LogP contribution in [0.4, 0.5) is 0 Å². The van der Waals surface area contributed by atoms with Crippen LogP contribution in [0, 0.1) is 0 Å². The summed E-state index contributed by atoms with van der Waals surface area (Å²) in [4.78, 5) is 10.9. The van der Waals surface area contributed by atoms with Gasteiger partial charge in [0, 0.05) is 11.1 Å². The minimum Gasteiger partial charge on any atom is -0.507 e. The van der Waals surface area contributed by atoms with Gasteiger partial charge >= 0.3 is 5.97 Å². The fraction of sp³-hybridized carbons (Fsp3) is 0.133. The van der Waals surface area contributed by atoms with Gasteiger partial charge in [-0.15, -0.1) is 0 Å². The minimum atomic E-state index is -1.09. The second kappa shape index (κ2) is 5.52. The molecule has 20 heavy (non-hydrogen) atoms. The van der Waals surface area contributed by atoms with Crippen LogP contribution < -0.4 is 9.47 Å². The zero-order valence-electron chi connectivity index (χ0n) is 11.1. The van der Waals surface area contributed by atoms with E-state index in [1.807, 2.05) is 0 Å². The van der Waals surface area contributed by atoms with Gasteiger partial charge in [0.15, 0.2) is 11.5 Å². The van der Waals surface area contributed by atoms with E-state index in [0.29, 0.717) is 22.6 Å². The van der Waals surface area contributed by atoms with Gasteiger partial charge in [0.2, 0.25) is 0 Å². The van der Waals surface area contributed by atoms with Crippen LogP contribution in [-0.2, 0) is 0 Å². The number of carboxylic acid groups (broad SMARTS) is 1. The topological polar surface area (TPSA) is 76.0 Å². The number of carbonyl (C=O) groups is 1. The lowest BCUT2D eigenvalue weighted by Gasteiger charge is -2.13. The first-order chi connectivity index (χ1) is 9.58. The Balaban J connectivity index is 2.60. The van der Waals surface area contributed by atoms with E-state index < -0.39 is 5.97 Å². The minimum absolute atomic E-state index is 0.0214. The Kier molecular flexibility index (Phi) is 3.79. The van der Waals surface area contributed by atoms with Crippen LogP contribution in [0.15, 0.2) is 36.4 Å². The maximum Gasteiger partial charge on any atom is 0.335 e. The molecule has 0 radical (unpaired) electrons. The van der Waals surface area contributed by atoms with Gasteiger partial charge in [0.25, 0.3) is 0 Å². The van der Waals surface area contributed by atoms with Crippen LogP contribution in [0.5, 0.6) is 17.2 Å². The number of phenolic OH excluding ortho intramolecular Hbond substituents is 1. The number of methoxy groups -OCH3 is 2. The molecular weight excluding hydrogens is 260 g/mol. The van der Waals surface area contributed by atoms with E-state index in [4.69, 9.17) is 14.6 Å². The fourth-order valence-corrected chi connectivity index (χ4v) is 1.99. The van der Waals surface area contributed by atoms with Crippen molar-refractivity contribution in [1.29, 1.82) is 0 Å². The second-order valence-electron chi connectivity index (χ2n) is 4.08. The number of para-hydroxylation sites is 1. The summed E-state index contributed by atoms with van der Waals surface area (Å²) >= 11 is 0. The van der Waals surface area contributed by atoms with Gasteiger partial charge in [-0.25, -0.2) is 4.79 Å². The normalized spacial score (nSPS) is 10.1. The molecule has 0 atom stereocenters. The van der Waals surface area contributed by atoms with Crippen LogP contribution in [0.3, 0.4) is 0 Å². The highest BCUT2D eigenvalue weighted by Gasteiger charge is 2.15. The van der Waals surface area contributed by atoms with Crippen LogP contribution >= 0.6 is 0 Å². The predicted molar refractivity (Wildman–Crippen MR) is 73.6 cm³/mol. The summed E-state index contributed by atoms with van der Waals surface area (Å²) in [5, 5.41) is 18.9. The molecule has 2 rings (SSSR count). The van der Waals surface area contributed by atoms with Gasteiger partial charge in [-0.2, -0.15) is 0 Å². The number of rotatable bonds is 4. The molecule has 0 saturated heterocycles. The second-order valence-corrected chi connectivity index (χ2v) is 4.08. The monoisotopic (exact) mass is 274 g/mol. The molecule has 0 bridgehead atoms. The van der Waals surface area contributed by atoms with Gasteiger partial charge in [-0.3, -0.25) is 0 Å². The smallest absolute Gasteiger partial charge is 0.335 e. The van der Waals surface area contributed by atoms with E-state index in [2.05, 4.69) is 0 Å². The SMILES string of the molecule is COc1cccc(-c2ccc(C(=O)O)cc2O)c1OC. The standard InChI is InChI=1S/C15H14O5/c1-19-13-5-3-4-11(14(13)20-2)10-7-6-9(15(17)18)8-12(10)16/h3-8,16H,1-2H3,(H,17,18). The number of phenols is 1. The Hall–Kier alpha value is -2.69. The maximum absolute atomic E-state index is 10.9. The highest BCUT2D eigenvalue weighted by Crippen LogP contribution is 2.41. The van der Waals surface area contributed by atoms with Crippen molar-refractivity contribution < 1.29 is 24.5 Å². The molecule has 2 aromatic rings. The molecule has 5 heteroatoms. The summed E-state index contributed by atoms with van der Waals surface area (Å²) in [5.41, 5.74) is 1.13. The summed E-state index contributed by atoms with van der Waals surface area (Å²) in [6.45, 7) is 0. The van der Waals surface area contributed by atoms with Gasteiger partial charge in [0.1, 0.15) is 5.75 Å². The van der Waals surface area contributed by atoms with Crippen LogP contribution in [0.1, 0.15) is 10.4 Å². The summed E-state index contributed by atoms with van der Waals surface area (Å²) < 4.78 is 10.5. The zero-order valence-corrected chi connectivity index (χ0v) is 11.1. The number of hydrogen-bond donors (Lipinski definition) is 2. The number of carboxylic acids is 1. The Morgan fingerprint density at radius 2 is 1.80 bits per heavy atom. The molecule has 2 aromatic carbocycles. The molecule has 0 aliphatic heterocycles. The first-order valence-corrected chi connectivity index (χ1v) is 5.86. The molecule has 5 nitrogen and oxygen atoms in total. The highest BCUT2D eigenvalue weighted by atomic mass is 16.5. The quantitative estimate of drug-likeness (QED) is 0.896. The molecule has 0 aromatic heterocycles. The Bertz CT molecular complexity index is 649. The lowest BCUT2D eigenvalue weighted by Crippen LogP contribution is -1.97. The zero-order chi connectivity index (χ0) is 14.7. The van der Waals surface area contributed by atoms with Gasteiger partial charge in [-0.05, 0) is 24.3 Å². The largest absolute Gasteiger partial charge is 0.507 e. The van der Waals surface area contributed by atoms with E-state index in [9.17, 15) is 9.90 Å². The van der Waals surface area contributed by atoms with Crippen LogP contribution in [-0.4, -0.2) is 30.4 Å². The average molecular weight is 274 g/mol. The molecule has 0 aliphatic carbocycles. The number of aromatic carboxylic acids is 1. The van der Waals surface area contributed by atoms with Gasteiger partial charge in [-0.1, -0.05) is 12.1 Å². The summed E-state index contributed by atoms with van der Waals surface area (Å²) in [6, 6.07) is 9.44. The Morgan fingerprint density at radius 1 is 1.05 bits per heavy atom. The molecule has 104 valence electrons. The molecule has 0 spiro atoms. The van der Waals surface area contributed by atoms with E-state index in [0.717, 1.165) is 0 Å². The third kappa shape index (κ3) is 2.38. The average Bonchev–Trinajstić information content (AvgIpc) is 2.46. The molecule has 0 heterocycles. The maximum atomic E-state index is 10.9. The highest BCUT2D eigenvalue weighted by molar-refractivity contribution is 5.90. The van der Waals surface area contributed by atoms with Crippen molar-refractivity contribution in [3.8, 4) is 28.4 Å². The number of benzene rings is 2. The number of ether oxygens (including phenoxy) is 2. The van der Waals surface area contributed by atoms with E-state index in [1.54, 1.807) is 18.2 Å². The van der Waals surface area contributed by atoms with E-state index >= 15 is 0 Å². The van der Waals surface area contributed by atoms with Crippen molar-refractivity contribution in [2.45, 2.75) is 0 Å². The van der Waals surface area contributed by atoms with Crippen LogP contribution in [0.2, 0.25) is 0 Å².